The minimum absolute atomic E-state index is 0.755. The van der Waals surface area contributed by atoms with Crippen molar-refractivity contribution in [1.29, 1.82) is 0 Å². The quantitative estimate of drug-likeness (QED) is 0.792. The van der Waals surface area contributed by atoms with Crippen LogP contribution >= 0.6 is 11.7 Å². The molecule has 13 heavy (non-hydrogen) atoms. The molecule has 3 rings (SSSR count). The highest BCUT2D eigenvalue weighted by Crippen LogP contribution is 2.51. The molecule has 70 valence electrons. The highest BCUT2D eigenvalue weighted by molar-refractivity contribution is 6.99. The van der Waals surface area contributed by atoms with E-state index in [-0.39, 0.29) is 0 Å². The van der Waals surface area contributed by atoms with Crippen molar-refractivity contribution in [2.24, 2.45) is 11.8 Å². The predicted molar refractivity (Wildman–Crippen MR) is 51.4 cm³/mol. The van der Waals surface area contributed by atoms with E-state index in [1.165, 1.54) is 31.0 Å². The molecule has 3 nitrogen and oxygen atoms in total. The van der Waals surface area contributed by atoms with Crippen LogP contribution in [0.2, 0.25) is 0 Å². The molecule has 0 radical (unpaired) electrons. The van der Waals surface area contributed by atoms with Crippen LogP contribution in [0.15, 0.2) is 6.20 Å². The maximum Gasteiger partial charge on any atom is 0.0880 e. The number of hydrogen-bond acceptors (Lipinski definition) is 4. The summed E-state index contributed by atoms with van der Waals surface area (Å²) in [6, 6.07) is 0.755. The van der Waals surface area contributed by atoms with Crippen LogP contribution < -0.4 is 5.32 Å². The summed E-state index contributed by atoms with van der Waals surface area (Å²) in [5.74, 6) is 2.12. The van der Waals surface area contributed by atoms with Crippen molar-refractivity contribution in [2.75, 3.05) is 0 Å². The van der Waals surface area contributed by atoms with E-state index in [2.05, 4.69) is 14.1 Å². The van der Waals surface area contributed by atoms with Gasteiger partial charge in [0, 0.05) is 12.6 Å². The second-order valence-electron chi connectivity index (χ2n) is 4.20. The molecular weight excluding hydrogens is 182 g/mol. The van der Waals surface area contributed by atoms with Gasteiger partial charge in [0.25, 0.3) is 0 Å². The number of nitrogens with zero attached hydrogens (tertiary/aromatic N) is 2. The maximum absolute atomic E-state index is 4.18. The van der Waals surface area contributed by atoms with Gasteiger partial charge >= 0.3 is 0 Å². The lowest BCUT2D eigenvalue weighted by Gasteiger charge is -2.12. The lowest BCUT2D eigenvalue weighted by Crippen LogP contribution is -2.26. The minimum Gasteiger partial charge on any atom is -0.308 e. The first kappa shape index (κ1) is 7.88. The first-order valence-corrected chi connectivity index (χ1v) is 5.64. The number of nitrogens with one attached hydrogen (secondary N) is 1. The predicted octanol–water partition coefficient (Wildman–Crippen LogP) is 1.43. The van der Waals surface area contributed by atoms with Gasteiger partial charge in [-0.1, -0.05) is 0 Å². The van der Waals surface area contributed by atoms with E-state index >= 15 is 0 Å². The molecule has 0 saturated heterocycles. The lowest BCUT2D eigenvalue weighted by atomic mass is 10.1. The molecule has 2 aliphatic carbocycles. The Hall–Kier alpha value is -0.480. The van der Waals surface area contributed by atoms with Gasteiger partial charge in [-0.2, -0.15) is 8.75 Å². The fourth-order valence-corrected chi connectivity index (χ4v) is 2.82. The average molecular weight is 195 g/mol. The molecule has 0 spiro atoms. The monoisotopic (exact) mass is 195 g/mol. The Kier molecular flexibility index (Phi) is 1.84. The number of fused-ring (bicyclic) bond motifs is 1. The Balaban J connectivity index is 1.48. The van der Waals surface area contributed by atoms with Gasteiger partial charge in [0.1, 0.15) is 0 Å². The molecule has 2 unspecified atom stereocenters. The van der Waals surface area contributed by atoms with Gasteiger partial charge in [0.15, 0.2) is 0 Å². The molecule has 0 bridgehead atoms. The molecule has 1 N–H and O–H groups in total. The third-order valence-electron chi connectivity index (χ3n) is 3.22. The van der Waals surface area contributed by atoms with Crippen LogP contribution in [-0.2, 0) is 6.54 Å². The van der Waals surface area contributed by atoms with E-state index in [1.807, 2.05) is 6.20 Å². The van der Waals surface area contributed by atoms with Crippen molar-refractivity contribution in [3.05, 3.63) is 11.9 Å². The average Bonchev–Trinajstić information content (AvgIpc) is 2.64. The van der Waals surface area contributed by atoms with Crippen LogP contribution in [0.4, 0.5) is 0 Å². The minimum atomic E-state index is 0.755. The fourth-order valence-electron chi connectivity index (χ4n) is 2.39. The topological polar surface area (TPSA) is 37.8 Å². The van der Waals surface area contributed by atoms with Crippen molar-refractivity contribution in [2.45, 2.75) is 31.8 Å². The Morgan fingerprint density at radius 2 is 2.23 bits per heavy atom. The third kappa shape index (κ3) is 1.60. The number of aromatic nitrogens is 2. The largest absolute Gasteiger partial charge is 0.308 e. The highest BCUT2D eigenvalue weighted by Gasteiger charge is 2.45. The van der Waals surface area contributed by atoms with Gasteiger partial charge in [0.05, 0.1) is 23.6 Å². The van der Waals surface area contributed by atoms with Crippen molar-refractivity contribution in [3.8, 4) is 0 Å². The summed E-state index contributed by atoms with van der Waals surface area (Å²) in [5, 5.41) is 3.55. The number of hydrogen-bond donors (Lipinski definition) is 1. The fraction of sp³-hybridized carbons (Fsp3) is 0.778. The Labute approximate surface area is 81.9 Å². The molecule has 1 heterocycles. The van der Waals surface area contributed by atoms with Crippen molar-refractivity contribution in [3.63, 3.8) is 0 Å². The summed E-state index contributed by atoms with van der Waals surface area (Å²) < 4.78 is 8.16. The molecule has 0 amide bonds. The summed E-state index contributed by atoms with van der Waals surface area (Å²) in [4.78, 5) is 0. The van der Waals surface area contributed by atoms with Crippen molar-refractivity contribution in [1.82, 2.24) is 14.1 Å². The molecule has 0 aromatic carbocycles. The second-order valence-corrected chi connectivity index (χ2v) is 4.76. The maximum atomic E-state index is 4.18. The van der Waals surface area contributed by atoms with Crippen LogP contribution in [0, 0.1) is 11.8 Å². The van der Waals surface area contributed by atoms with Crippen molar-refractivity contribution < 1.29 is 0 Å². The Morgan fingerprint density at radius 3 is 2.92 bits per heavy atom. The molecule has 1 aromatic rings. The molecule has 2 fully saturated rings. The van der Waals surface area contributed by atoms with Crippen molar-refractivity contribution >= 4 is 11.7 Å². The Bertz CT molecular complexity index is 275. The van der Waals surface area contributed by atoms with E-state index in [4.69, 9.17) is 0 Å². The summed E-state index contributed by atoms with van der Waals surface area (Å²) in [7, 11) is 0. The normalized spacial score (nSPS) is 36.2. The zero-order chi connectivity index (χ0) is 8.67. The van der Waals surface area contributed by atoms with E-state index in [1.54, 1.807) is 0 Å². The first-order valence-electron chi connectivity index (χ1n) is 4.91. The zero-order valence-corrected chi connectivity index (χ0v) is 8.26. The van der Waals surface area contributed by atoms with Crippen LogP contribution in [-0.4, -0.2) is 14.8 Å². The van der Waals surface area contributed by atoms with Gasteiger partial charge in [-0.15, -0.1) is 0 Å². The third-order valence-corrected chi connectivity index (χ3v) is 3.74. The molecule has 2 aliphatic rings. The Morgan fingerprint density at radius 1 is 1.38 bits per heavy atom. The van der Waals surface area contributed by atoms with Crippen LogP contribution in [0.1, 0.15) is 25.0 Å². The standard InChI is InChI=1S/C9H13N3S/c1-6-2-8(3-7(1)6)10-4-9-5-11-13-12-9/h5-8,10H,1-4H2. The zero-order valence-electron chi connectivity index (χ0n) is 7.44. The lowest BCUT2D eigenvalue weighted by molar-refractivity contribution is 0.478. The van der Waals surface area contributed by atoms with Gasteiger partial charge in [0.2, 0.25) is 0 Å². The highest BCUT2D eigenvalue weighted by atomic mass is 32.1. The summed E-state index contributed by atoms with van der Waals surface area (Å²) in [6.45, 7) is 0.903. The van der Waals surface area contributed by atoms with E-state index < -0.39 is 0 Å². The van der Waals surface area contributed by atoms with Crippen LogP contribution in [0.25, 0.3) is 0 Å². The molecule has 2 atom stereocenters. The molecule has 2 saturated carbocycles. The number of rotatable bonds is 3. The second kappa shape index (κ2) is 3.03. The molecular formula is C9H13N3S. The van der Waals surface area contributed by atoms with Gasteiger partial charge < -0.3 is 5.32 Å². The van der Waals surface area contributed by atoms with Gasteiger partial charge in [-0.25, -0.2) is 0 Å². The first-order chi connectivity index (χ1) is 6.42. The van der Waals surface area contributed by atoms with Gasteiger partial charge in [-0.3, -0.25) is 0 Å². The smallest absolute Gasteiger partial charge is 0.0880 e. The van der Waals surface area contributed by atoms with E-state index in [0.29, 0.717) is 0 Å². The SMILES string of the molecule is c1nsnc1CNC1CC2CC2C1. The molecule has 4 heteroatoms. The van der Waals surface area contributed by atoms with E-state index in [0.717, 1.165) is 30.1 Å². The summed E-state index contributed by atoms with van der Waals surface area (Å²) in [5.41, 5.74) is 1.09. The van der Waals surface area contributed by atoms with Gasteiger partial charge in [-0.05, 0) is 31.1 Å². The van der Waals surface area contributed by atoms with Crippen LogP contribution in [0.5, 0.6) is 0 Å². The van der Waals surface area contributed by atoms with E-state index in [9.17, 15) is 0 Å². The summed E-state index contributed by atoms with van der Waals surface area (Å²) in [6.07, 6.45) is 6.13. The molecule has 0 aliphatic heterocycles. The van der Waals surface area contributed by atoms with Crippen LogP contribution in [0.3, 0.4) is 0 Å². The summed E-state index contributed by atoms with van der Waals surface area (Å²) >= 11 is 1.29. The molecule has 1 aromatic heterocycles.